The summed E-state index contributed by atoms with van der Waals surface area (Å²) in [5, 5.41) is 5.88. The molecule has 0 fully saturated rings. The maximum Gasteiger partial charge on any atom is 0.162 e. The highest BCUT2D eigenvalue weighted by Gasteiger charge is 2.20. The van der Waals surface area contributed by atoms with E-state index in [4.69, 9.17) is 42.6 Å². The van der Waals surface area contributed by atoms with Gasteiger partial charge in [0.1, 0.15) is 39.6 Å². The largest absolute Gasteiger partial charge is 0.498 e. The first-order valence-corrected chi connectivity index (χ1v) is 21.1. The highest BCUT2D eigenvalue weighted by atomic mass is 16.6. The average Bonchev–Trinajstić information content (AvgIpc) is 3.22. The van der Waals surface area contributed by atoms with Gasteiger partial charge in [-0.05, 0) is 88.0 Å². The first-order valence-electron chi connectivity index (χ1n) is 21.1. The third-order valence-corrected chi connectivity index (χ3v) is 9.62. The Bertz CT molecular complexity index is 1580. The molecule has 0 spiro atoms. The van der Waals surface area contributed by atoms with Gasteiger partial charge in [-0.1, -0.05) is 98.3 Å². The Morgan fingerprint density at radius 3 is 0.754 bits per heavy atom. The molecule has 0 aliphatic rings. The van der Waals surface area contributed by atoms with Crippen LogP contribution in [0.4, 0.5) is 0 Å². The molecule has 0 N–H and O–H groups in total. The van der Waals surface area contributed by atoms with Crippen LogP contribution in [0, 0.1) is 0 Å². The highest BCUT2D eigenvalue weighted by molar-refractivity contribution is 6.26. The minimum absolute atomic E-state index is 0.329. The van der Waals surface area contributed by atoms with Crippen LogP contribution in [0.3, 0.4) is 0 Å². The van der Waals surface area contributed by atoms with Crippen molar-refractivity contribution in [2.45, 2.75) is 97.8 Å². The van der Waals surface area contributed by atoms with Crippen LogP contribution in [0.2, 0.25) is 0 Å². The lowest BCUT2D eigenvalue weighted by atomic mass is 9.93. The monoisotopic (exact) mass is 786 g/mol. The Balaban J connectivity index is 1.98. The first-order chi connectivity index (χ1) is 28.1. The molecule has 0 atom stereocenters. The summed E-state index contributed by atoms with van der Waals surface area (Å²) in [6, 6.07) is 12.5. The summed E-state index contributed by atoms with van der Waals surface area (Å²) in [4.78, 5) is 0. The number of benzene rings is 4. The fourth-order valence-electron chi connectivity index (χ4n) is 6.68. The van der Waals surface area contributed by atoms with Gasteiger partial charge >= 0.3 is 0 Å². The van der Waals surface area contributed by atoms with Crippen molar-refractivity contribution in [1.29, 1.82) is 0 Å². The summed E-state index contributed by atoms with van der Waals surface area (Å²) in [6.07, 6.45) is 17.4. The second-order valence-corrected chi connectivity index (χ2v) is 13.9. The Kier molecular flexibility index (Phi) is 20.5. The summed E-state index contributed by atoms with van der Waals surface area (Å²) < 4.78 is 54.8. The number of unbranched alkanes of at least 4 members (excludes halogenated alkanes) is 9. The van der Waals surface area contributed by atoms with Gasteiger partial charge < -0.3 is 42.6 Å². The first kappa shape index (κ1) is 44.8. The zero-order valence-corrected chi connectivity index (χ0v) is 34.8. The zero-order chi connectivity index (χ0) is 40.5. The molecule has 0 saturated carbocycles. The van der Waals surface area contributed by atoms with Crippen LogP contribution >= 0.6 is 0 Å². The lowest BCUT2D eigenvalue weighted by Crippen LogP contribution is -2.08. The van der Waals surface area contributed by atoms with E-state index in [1.165, 1.54) is 38.0 Å². The predicted molar refractivity (Wildman–Crippen MR) is 233 cm³/mol. The van der Waals surface area contributed by atoms with Crippen LogP contribution in [0.1, 0.15) is 97.8 Å². The van der Waals surface area contributed by atoms with Gasteiger partial charge in [-0.15, -0.1) is 0 Å². The van der Waals surface area contributed by atoms with Crippen molar-refractivity contribution < 1.29 is 42.6 Å². The van der Waals surface area contributed by atoms with E-state index < -0.39 is 0 Å². The van der Waals surface area contributed by atoms with Crippen LogP contribution in [-0.4, -0.2) is 59.5 Å². The fourth-order valence-corrected chi connectivity index (χ4v) is 6.68. The van der Waals surface area contributed by atoms with Gasteiger partial charge in [0.15, 0.2) is 34.5 Å². The number of fused-ring (bicyclic) bond motifs is 6. The van der Waals surface area contributed by atoms with Crippen molar-refractivity contribution in [1.82, 2.24) is 0 Å². The fraction of sp³-hybridized carbons (Fsp3) is 0.500. The number of hydrogen-bond donors (Lipinski definition) is 0. The molecule has 0 heterocycles. The Morgan fingerprint density at radius 1 is 0.316 bits per heavy atom. The number of hydrogen-bond acceptors (Lipinski definition) is 9. The predicted octanol–water partition coefficient (Wildman–Crippen LogP) is 12.6. The Hall–Kier alpha value is -4.92. The third-order valence-electron chi connectivity index (χ3n) is 9.62. The van der Waals surface area contributed by atoms with Gasteiger partial charge in [0.2, 0.25) is 0 Å². The summed E-state index contributed by atoms with van der Waals surface area (Å²) in [5.41, 5.74) is 0. The van der Waals surface area contributed by atoms with E-state index in [9.17, 15) is 0 Å². The molecular weight excluding hydrogens is 721 g/mol. The molecule has 312 valence electrons. The minimum atomic E-state index is 0.329. The molecule has 4 aromatic rings. The zero-order valence-electron chi connectivity index (χ0n) is 34.8. The van der Waals surface area contributed by atoms with E-state index in [0.717, 1.165) is 90.1 Å². The van der Waals surface area contributed by atoms with Crippen LogP contribution in [0.25, 0.3) is 32.3 Å². The van der Waals surface area contributed by atoms with Gasteiger partial charge in [-0.2, -0.15) is 0 Å². The molecule has 0 bridgehead atoms. The minimum Gasteiger partial charge on any atom is -0.498 e. The van der Waals surface area contributed by atoms with Crippen molar-refractivity contribution in [3.63, 3.8) is 0 Å². The van der Waals surface area contributed by atoms with Gasteiger partial charge in [-0.3, -0.25) is 0 Å². The van der Waals surface area contributed by atoms with Crippen LogP contribution in [-0.2, 0) is 14.2 Å². The molecule has 0 radical (unpaired) electrons. The Labute approximate surface area is 340 Å². The second kappa shape index (κ2) is 26.1. The molecule has 0 unspecified atom stereocenters. The molecule has 0 aromatic heterocycles. The average molecular weight is 787 g/mol. The second-order valence-electron chi connectivity index (χ2n) is 13.9. The molecule has 0 aliphatic carbocycles. The van der Waals surface area contributed by atoms with Crippen molar-refractivity contribution in [2.75, 3.05) is 59.5 Å². The van der Waals surface area contributed by atoms with E-state index in [0.29, 0.717) is 94.0 Å². The van der Waals surface area contributed by atoms with Crippen molar-refractivity contribution in [2.24, 2.45) is 0 Å². The molecule has 9 nitrogen and oxygen atoms in total. The third kappa shape index (κ3) is 13.9. The topological polar surface area (TPSA) is 83.1 Å². The van der Waals surface area contributed by atoms with E-state index in [2.05, 4.69) is 76.9 Å². The van der Waals surface area contributed by atoms with E-state index in [-0.39, 0.29) is 0 Å². The van der Waals surface area contributed by atoms with Crippen molar-refractivity contribution in [3.05, 3.63) is 74.9 Å². The molecule has 57 heavy (non-hydrogen) atoms. The van der Waals surface area contributed by atoms with Gasteiger partial charge in [-0.25, -0.2) is 0 Å². The van der Waals surface area contributed by atoms with Crippen LogP contribution < -0.4 is 28.4 Å². The highest BCUT2D eigenvalue weighted by Crippen LogP contribution is 2.47. The maximum atomic E-state index is 6.50. The van der Waals surface area contributed by atoms with E-state index in [1.54, 1.807) is 0 Å². The summed E-state index contributed by atoms with van der Waals surface area (Å²) in [6.45, 7) is 21.5. The van der Waals surface area contributed by atoms with Crippen molar-refractivity contribution >= 4 is 32.3 Å². The molecular formula is C48H66O9. The normalized spacial score (nSPS) is 11.0. The smallest absolute Gasteiger partial charge is 0.162 e. The van der Waals surface area contributed by atoms with Crippen LogP contribution in [0.15, 0.2) is 74.9 Å². The molecule has 9 heteroatoms. The number of rotatable bonds is 33. The molecule has 4 aromatic carbocycles. The van der Waals surface area contributed by atoms with Crippen molar-refractivity contribution in [3.8, 4) is 34.5 Å². The van der Waals surface area contributed by atoms with Gasteiger partial charge in [0, 0.05) is 0 Å². The molecule has 0 aliphatic heterocycles. The standard InChI is InChI=1S/C48H66O9/c1-7-13-16-19-22-52-43-31-37-40(34-46(43)55-28-25-49-10-4)38-32-44(53-23-20-17-14-8-2)48(57-30-27-51-12-6)36-42(38)39-33-45(54-24-21-18-15-9-3)47(35-41(37)39)56-29-26-50-11-5/h10-12,31-36H,4-9,13-30H2,1-3H3. The summed E-state index contributed by atoms with van der Waals surface area (Å²) in [5.74, 6) is 3.93. The quantitative estimate of drug-likeness (QED) is 0.0266. The lowest BCUT2D eigenvalue weighted by molar-refractivity contribution is 0.174. The van der Waals surface area contributed by atoms with Gasteiger partial charge in [0.05, 0.1) is 38.6 Å². The van der Waals surface area contributed by atoms with Crippen LogP contribution in [0.5, 0.6) is 34.5 Å². The van der Waals surface area contributed by atoms with Gasteiger partial charge in [0.25, 0.3) is 0 Å². The SMILES string of the molecule is C=COCCOc1cc2c(cc1OCCCCCC)c1cc(OCCOC=C)c(OCCCCCC)cc1c1cc(OCCOC=C)c(OCCCCCC)cc21. The lowest BCUT2D eigenvalue weighted by Gasteiger charge is -2.20. The number of ether oxygens (including phenoxy) is 9. The summed E-state index contributed by atoms with van der Waals surface area (Å²) in [7, 11) is 0. The molecule has 0 amide bonds. The molecule has 4 rings (SSSR count). The van der Waals surface area contributed by atoms with E-state index in [1.807, 2.05) is 0 Å². The van der Waals surface area contributed by atoms with E-state index >= 15 is 0 Å². The maximum absolute atomic E-state index is 6.50. The Morgan fingerprint density at radius 2 is 0.544 bits per heavy atom. The molecule has 0 saturated heterocycles. The summed E-state index contributed by atoms with van der Waals surface area (Å²) >= 11 is 0.